The molecule has 0 saturated carbocycles. The number of esters is 1. The molecule has 1 aliphatic rings. The molecule has 2 N–H and O–H groups in total. The summed E-state index contributed by atoms with van der Waals surface area (Å²) in [5.74, 6) is -1.44. The summed E-state index contributed by atoms with van der Waals surface area (Å²) < 4.78 is 4.81. The summed E-state index contributed by atoms with van der Waals surface area (Å²) in [7, 11) is 1.33. The molecule has 0 aliphatic heterocycles. The lowest BCUT2D eigenvalue weighted by Gasteiger charge is -2.22. The second kappa shape index (κ2) is 4.67. The van der Waals surface area contributed by atoms with E-state index in [-0.39, 0.29) is 12.3 Å². The molecule has 0 amide bonds. The molecule has 1 atom stereocenters. The van der Waals surface area contributed by atoms with E-state index in [1.807, 2.05) is 18.2 Å². The maximum atomic E-state index is 11.9. The Hall–Kier alpha value is -2.30. The maximum absolute atomic E-state index is 11.9. The number of ether oxygens (including phenoxy) is 1. The number of benzene rings is 1. The Morgan fingerprint density at radius 3 is 2.95 bits per heavy atom. The van der Waals surface area contributed by atoms with Crippen molar-refractivity contribution >= 4 is 22.8 Å². The van der Waals surface area contributed by atoms with Crippen LogP contribution in [-0.4, -0.2) is 29.1 Å². The molecule has 0 fully saturated rings. The van der Waals surface area contributed by atoms with Crippen LogP contribution < -0.4 is 0 Å². The second-order valence-corrected chi connectivity index (χ2v) is 5.08. The number of carboxylic acid groups (broad SMARTS) is 1. The van der Waals surface area contributed by atoms with Gasteiger partial charge in [0.2, 0.25) is 0 Å². The Balaban J connectivity index is 2.24. The molecule has 5 nitrogen and oxygen atoms in total. The number of nitrogens with one attached hydrogen (secondary N) is 1. The minimum Gasteiger partial charge on any atom is -0.481 e. The molecule has 1 aromatic heterocycles. The molecule has 1 aromatic carbocycles. The number of carbonyl (C=O) groups is 2. The van der Waals surface area contributed by atoms with Gasteiger partial charge in [-0.3, -0.25) is 4.79 Å². The van der Waals surface area contributed by atoms with Crippen LogP contribution in [0.5, 0.6) is 0 Å². The van der Waals surface area contributed by atoms with E-state index in [1.54, 1.807) is 0 Å². The lowest BCUT2D eigenvalue weighted by atomic mass is 9.81. The number of aromatic amines is 1. The summed E-state index contributed by atoms with van der Waals surface area (Å²) in [4.78, 5) is 26.1. The van der Waals surface area contributed by atoms with Crippen molar-refractivity contribution in [2.75, 3.05) is 7.11 Å². The molecular formula is C15H15NO4. The molecule has 0 spiro atoms. The largest absolute Gasteiger partial charge is 0.481 e. The SMILES string of the molecule is COC(=O)c1[nH]c2cccc3c2c1[C@H](CC(=O)O)CC3. The van der Waals surface area contributed by atoms with E-state index in [0.29, 0.717) is 5.69 Å². The van der Waals surface area contributed by atoms with E-state index >= 15 is 0 Å². The molecule has 104 valence electrons. The Bertz CT molecular complexity index is 701. The average Bonchev–Trinajstić information content (AvgIpc) is 2.82. The number of aryl methyl sites for hydroxylation is 1. The third kappa shape index (κ3) is 1.86. The quantitative estimate of drug-likeness (QED) is 0.842. The van der Waals surface area contributed by atoms with Gasteiger partial charge in [-0.2, -0.15) is 0 Å². The zero-order chi connectivity index (χ0) is 14.3. The first-order valence-electron chi connectivity index (χ1n) is 6.55. The van der Waals surface area contributed by atoms with Crippen LogP contribution in [0.15, 0.2) is 18.2 Å². The van der Waals surface area contributed by atoms with Gasteiger partial charge in [-0.1, -0.05) is 12.1 Å². The average molecular weight is 273 g/mol. The summed E-state index contributed by atoms with van der Waals surface area (Å²) in [5.41, 5.74) is 3.22. The number of carbonyl (C=O) groups excluding carboxylic acids is 1. The van der Waals surface area contributed by atoms with Crippen LogP contribution >= 0.6 is 0 Å². The first kappa shape index (κ1) is 12.7. The van der Waals surface area contributed by atoms with E-state index in [1.165, 1.54) is 7.11 Å². The molecule has 3 rings (SSSR count). The van der Waals surface area contributed by atoms with Crippen molar-refractivity contribution < 1.29 is 19.4 Å². The highest BCUT2D eigenvalue weighted by atomic mass is 16.5. The first-order valence-corrected chi connectivity index (χ1v) is 6.55. The highest BCUT2D eigenvalue weighted by Gasteiger charge is 2.30. The maximum Gasteiger partial charge on any atom is 0.354 e. The van der Waals surface area contributed by atoms with Crippen molar-refractivity contribution in [3.63, 3.8) is 0 Å². The zero-order valence-electron chi connectivity index (χ0n) is 11.1. The van der Waals surface area contributed by atoms with E-state index in [4.69, 9.17) is 9.84 Å². The molecule has 0 radical (unpaired) electrons. The van der Waals surface area contributed by atoms with Crippen molar-refractivity contribution in [1.82, 2.24) is 4.98 Å². The van der Waals surface area contributed by atoms with Crippen LogP contribution in [0, 0.1) is 0 Å². The van der Waals surface area contributed by atoms with Gasteiger partial charge in [-0.15, -0.1) is 0 Å². The van der Waals surface area contributed by atoms with E-state index in [2.05, 4.69) is 4.98 Å². The summed E-state index contributed by atoms with van der Waals surface area (Å²) in [6.07, 6.45) is 1.60. The van der Waals surface area contributed by atoms with Crippen molar-refractivity contribution in [2.45, 2.75) is 25.2 Å². The molecule has 0 bridgehead atoms. The Morgan fingerprint density at radius 2 is 2.25 bits per heavy atom. The van der Waals surface area contributed by atoms with Crippen molar-refractivity contribution in [2.24, 2.45) is 0 Å². The minimum atomic E-state index is -0.848. The predicted molar refractivity (Wildman–Crippen MR) is 73.0 cm³/mol. The molecule has 20 heavy (non-hydrogen) atoms. The van der Waals surface area contributed by atoms with Gasteiger partial charge in [0.15, 0.2) is 0 Å². The van der Waals surface area contributed by atoms with Gasteiger partial charge >= 0.3 is 11.9 Å². The predicted octanol–water partition coefficient (Wildman–Crippen LogP) is 2.46. The summed E-state index contributed by atoms with van der Waals surface area (Å²) in [6.45, 7) is 0. The smallest absolute Gasteiger partial charge is 0.354 e. The zero-order valence-corrected chi connectivity index (χ0v) is 11.1. The molecule has 0 saturated heterocycles. The lowest BCUT2D eigenvalue weighted by molar-refractivity contribution is -0.137. The number of hydrogen-bond acceptors (Lipinski definition) is 3. The fourth-order valence-corrected chi connectivity index (χ4v) is 3.12. The summed E-state index contributed by atoms with van der Waals surface area (Å²) >= 11 is 0. The fourth-order valence-electron chi connectivity index (χ4n) is 3.12. The Kier molecular flexibility index (Phi) is 2.97. The fraction of sp³-hybridized carbons (Fsp3) is 0.333. The van der Waals surface area contributed by atoms with Gasteiger partial charge in [0, 0.05) is 10.9 Å². The van der Waals surface area contributed by atoms with Crippen LogP contribution in [0.4, 0.5) is 0 Å². The number of rotatable bonds is 3. The molecule has 0 unspecified atom stereocenters. The molecule has 2 aromatic rings. The van der Waals surface area contributed by atoms with Crippen molar-refractivity contribution in [1.29, 1.82) is 0 Å². The standard InChI is InChI=1S/C15H15NO4/c1-20-15(19)14-13-9(7-11(17)18)6-5-8-3-2-4-10(16-14)12(8)13/h2-4,9,16H,5-7H2,1H3,(H,17,18)/t9-/m0/s1. The Morgan fingerprint density at radius 1 is 1.45 bits per heavy atom. The molecule has 1 heterocycles. The van der Waals surface area contributed by atoms with Gasteiger partial charge < -0.3 is 14.8 Å². The van der Waals surface area contributed by atoms with Gasteiger partial charge in [-0.25, -0.2) is 4.79 Å². The number of methoxy groups -OCH3 is 1. The van der Waals surface area contributed by atoms with Crippen LogP contribution in [-0.2, 0) is 16.0 Å². The highest BCUT2D eigenvalue weighted by Crippen LogP contribution is 2.40. The summed E-state index contributed by atoms with van der Waals surface area (Å²) in [6, 6.07) is 5.87. The first-order chi connectivity index (χ1) is 9.61. The molecular weight excluding hydrogens is 258 g/mol. The van der Waals surface area contributed by atoms with Crippen LogP contribution in [0.25, 0.3) is 10.9 Å². The van der Waals surface area contributed by atoms with Crippen LogP contribution in [0.1, 0.15) is 40.4 Å². The number of hydrogen-bond donors (Lipinski definition) is 2. The van der Waals surface area contributed by atoms with Gasteiger partial charge in [0.25, 0.3) is 0 Å². The number of aliphatic carboxylic acids is 1. The van der Waals surface area contributed by atoms with Gasteiger partial charge in [0.05, 0.1) is 13.5 Å². The Labute approximate surface area is 115 Å². The molecule has 1 aliphatic carbocycles. The lowest BCUT2D eigenvalue weighted by Crippen LogP contribution is -2.15. The summed E-state index contributed by atoms with van der Waals surface area (Å²) in [5, 5.41) is 10.1. The van der Waals surface area contributed by atoms with Crippen molar-refractivity contribution in [3.8, 4) is 0 Å². The third-order valence-corrected chi connectivity index (χ3v) is 3.93. The number of aromatic nitrogens is 1. The van der Waals surface area contributed by atoms with Crippen LogP contribution in [0.3, 0.4) is 0 Å². The minimum absolute atomic E-state index is 0.0330. The normalized spacial score (nSPS) is 17.1. The van der Waals surface area contributed by atoms with E-state index < -0.39 is 11.9 Å². The van der Waals surface area contributed by atoms with Gasteiger partial charge in [0.1, 0.15) is 5.69 Å². The van der Waals surface area contributed by atoms with E-state index in [0.717, 1.165) is 34.9 Å². The monoisotopic (exact) mass is 273 g/mol. The third-order valence-electron chi connectivity index (χ3n) is 3.93. The molecule has 5 heteroatoms. The van der Waals surface area contributed by atoms with Crippen LogP contribution in [0.2, 0.25) is 0 Å². The van der Waals surface area contributed by atoms with Gasteiger partial charge in [-0.05, 0) is 36.0 Å². The second-order valence-electron chi connectivity index (χ2n) is 5.08. The van der Waals surface area contributed by atoms with Crippen molar-refractivity contribution in [3.05, 3.63) is 35.0 Å². The highest BCUT2D eigenvalue weighted by molar-refractivity contribution is 6.00. The number of H-pyrrole nitrogens is 1. The topological polar surface area (TPSA) is 79.4 Å². The number of carboxylic acids is 1. The van der Waals surface area contributed by atoms with E-state index in [9.17, 15) is 9.59 Å².